The molecular formula is C24H24N2O9-4. The first-order valence-electron chi connectivity index (χ1n) is 10.3. The summed E-state index contributed by atoms with van der Waals surface area (Å²) in [4.78, 5) is 43.0. The number of carboxylic acids is 4. The molecule has 0 aromatic heterocycles. The summed E-state index contributed by atoms with van der Waals surface area (Å²) >= 11 is 0. The maximum atomic E-state index is 8.93. The van der Waals surface area contributed by atoms with E-state index in [0.29, 0.717) is 6.04 Å². The third kappa shape index (κ3) is 10.0. The third-order valence-corrected chi connectivity index (χ3v) is 4.63. The fourth-order valence-electron chi connectivity index (χ4n) is 3.06. The molecule has 0 radical (unpaired) electrons. The summed E-state index contributed by atoms with van der Waals surface area (Å²) in [6.45, 7) is 1.06. The molecule has 2 aromatic rings. The molecule has 11 nitrogen and oxygen atoms in total. The van der Waals surface area contributed by atoms with Gasteiger partial charge < -0.3 is 49.2 Å². The Labute approximate surface area is 201 Å². The molecule has 1 heterocycles. The quantitative estimate of drug-likeness (QED) is 0.384. The number of carbonyl (C=O) groups is 4. The molecule has 1 atom stereocenters. The zero-order valence-electron chi connectivity index (χ0n) is 19.4. The van der Waals surface area contributed by atoms with Crippen LogP contribution in [0.1, 0.15) is 23.1 Å². The van der Waals surface area contributed by atoms with Gasteiger partial charge in [0.1, 0.15) is 5.75 Å². The van der Waals surface area contributed by atoms with Crippen LogP contribution in [0.15, 0.2) is 53.5 Å². The number of benzene rings is 2. The largest absolute Gasteiger partial charge is 0.543 e. The van der Waals surface area contributed by atoms with E-state index in [4.69, 9.17) is 49.3 Å². The fraction of sp³-hybridized carbons (Fsp3) is 0.292. The summed E-state index contributed by atoms with van der Waals surface area (Å²) in [6.07, 6.45) is 2.10. The van der Waals surface area contributed by atoms with E-state index < -0.39 is 23.9 Å². The molecule has 35 heavy (non-hydrogen) atoms. The third-order valence-electron chi connectivity index (χ3n) is 4.63. The zero-order valence-corrected chi connectivity index (χ0v) is 19.4. The van der Waals surface area contributed by atoms with Crippen LogP contribution in [0.25, 0.3) is 0 Å². The summed E-state index contributed by atoms with van der Waals surface area (Å²) in [7, 11) is 5.93. The Morgan fingerprint density at radius 2 is 1.49 bits per heavy atom. The normalized spacial score (nSPS) is 13.6. The lowest BCUT2D eigenvalue weighted by Crippen LogP contribution is -2.42. The average Bonchev–Trinajstić information content (AvgIpc) is 2.82. The van der Waals surface area contributed by atoms with Crippen molar-refractivity contribution in [2.24, 2.45) is 4.99 Å². The predicted molar refractivity (Wildman–Crippen MR) is 116 cm³/mol. The van der Waals surface area contributed by atoms with Gasteiger partial charge in [-0.05, 0) is 51.2 Å². The summed E-state index contributed by atoms with van der Waals surface area (Å²) in [5, 5.41) is 35.7. The summed E-state index contributed by atoms with van der Waals surface area (Å²) in [6, 6.07) is 17.2. The second kappa shape index (κ2) is 14.1. The number of hydrogen-bond acceptors (Lipinski definition) is 11. The molecule has 0 N–H and O–H groups in total. The van der Waals surface area contributed by atoms with Gasteiger partial charge in [0.2, 0.25) is 0 Å². The first kappa shape index (κ1) is 28.8. The summed E-state index contributed by atoms with van der Waals surface area (Å²) < 4.78 is 5.38. The fourth-order valence-corrected chi connectivity index (χ4v) is 3.06. The molecule has 0 aliphatic carbocycles. The summed E-state index contributed by atoms with van der Waals surface area (Å²) in [5.74, 6) is -7.87. The van der Waals surface area contributed by atoms with Gasteiger partial charge in [0, 0.05) is 11.1 Å². The Morgan fingerprint density at radius 3 is 2.00 bits per heavy atom. The van der Waals surface area contributed by atoms with Crippen molar-refractivity contribution in [2.45, 2.75) is 18.9 Å². The van der Waals surface area contributed by atoms with E-state index in [-0.39, 0.29) is 0 Å². The van der Waals surface area contributed by atoms with E-state index in [1.807, 2.05) is 12.1 Å². The van der Waals surface area contributed by atoms with E-state index in [1.165, 1.54) is 11.1 Å². The standard InChI is InChI=1S/C20H24N2O.2C2H2O4/c1-22(2)12-11-17-13-15-7-4-5-10-19(15)20(21-17)16-8-6-9-18(14-16)23-3;2*3-1(4)2(5)6/h4-10,14,17H,11-13H2,1-3H3;2*(H,3,4)(H,5,6)/p-4. The first-order valence-corrected chi connectivity index (χ1v) is 10.3. The maximum Gasteiger partial charge on any atom is 0.119 e. The van der Waals surface area contributed by atoms with Crippen molar-refractivity contribution >= 4 is 29.6 Å². The van der Waals surface area contributed by atoms with Crippen LogP contribution in [0.3, 0.4) is 0 Å². The topological polar surface area (TPSA) is 185 Å². The number of ether oxygens (including phenoxy) is 1. The molecule has 0 saturated heterocycles. The number of aliphatic imine (C=N–C) groups is 1. The van der Waals surface area contributed by atoms with Crippen LogP contribution >= 0.6 is 0 Å². The van der Waals surface area contributed by atoms with Crippen LogP contribution in [-0.4, -0.2) is 68.3 Å². The number of aliphatic carboxylic acids is 4. The Morgan fingerprint density at radius 1 is 0.914 bits per heavy atom. The highest BCUT2D eigenvalue weighted by Gasteiger charge is 2.22. The van der Waals surface area contributed by atoms with Gasteiger partial charge >= 0.3 is 0 Å². The minimum atomic E-state index is -2.19. The molecule has 11 heteroatoms. The van der Waals surface area contributed by atoms with Crippen LogP contribution < -0.4 is 25.2 Å². The van der Waals surface area contributed by atoms with Crippen molar-refractivity contribution in [2.75, 3.05) is 27.7 Å². The zero-order chi connectivity index (χ0) is 26.5. The molecule has 188 valence electrons. The van der Waals surface area contributed by atoms with Crippen molar-refractivity contribution in [1.29, 1.82) is 0 Å². The van der Waals surface area contributed by atoms with Crippen LogP contribution in [0, 0.1) is 0 Å². The molecule has 0 saturated carbocycles. The lowest BCUT2D eigenvalue weighted by molar-refractivity contribution is -0.345. The van der Waals surface area contributed by atoms with Crippen LogP contribution in [0.2, 0.25) is 0 Å². The van der Waals surface area contributed by atoms with Crippen molar-refractivity contribution in [3.63, 3.8) is 0 Å². The molecule has 0 amide bonds. The summed E-state index contributed by atoms with van der Waals surface area (Å²) in [5.41, 5.74) is 4.87. The molecule has 1 unspecified atom stereocenters. The Kier molecular flexibility index (Phi) is 11.6. The first-order chi connectivity index (χ1) is 16.5. The van der Waals surface area contributed by atoms with Gasteiger partial charge in [-0.3, -0.25) is 4.99 Å². The molecule has 1 aliphatic heterocycles. The number of methoxy groups -OCH3 is 1. The minimum absolute atomic E-state index is 0.341. The highest BCUT2D eigenvalue weighted by atomic mass is 16.5. The van der Waals surface area contributed by atoms with E-state index in [1.54, 1.807) is 7.11 Å². The molecule has 0 bridgehead atoms. The van der Waals surface area contributed by atoms with Gasteiger partial charge in [-0.25, -0.2) is 0 Å². The SMILES string of the molecule is COc1cccc(C2=NC(CCN(C)C)Cc3ccccc32)c1.O=C([O-])C(=O)[O-].O=C([O-])C(=O)[O-]. The van der Waals surface area contributed by atoms with Crippen LogP contribution in [-0.2, 0) is 25.6 Å². The number of carboxylic acid groups (broad SMARTS) is 4. The number of hydrogen-bond donors (Lipinski definition) is 0. The monoisotopic (exact) mass is 484 g/mol. The predicted octanol–water partition coefficient (Wildman–Crippen LogP) is -3.62. The average molecular weight is 484 g/mol. The van der Waals surface area contributed by atoms with Gasteiger partial charge in [-0.15, -0.1) is 0 Å². The number of carbonyl (C=O) groups excluding carboxylic acids is 4. The molecule has 1 aliphatic rings. The van der Waals surface area contributed by atoms with Crippen molar-refractivity contribution in [1.82, 2.24) is 4.90 Å². The minimum Gasteiger partial charge on any atom is -0.543 e. The van der Waals surface area contributed by atoms with Gasteiger partial charge in [-0.2, -0.15) is 0 Å². The molecular weight excluding hydrogens is 460 g/mol. The van der Waals surface area contributed by atoms with E-state index in [0.717, 1.165) is 36.4 Å². The van der Waals surface area contributed by atoms with E-state index in [9.17, 15) is 0 Å². The van der Waals surface area contributed by atoms with E-state index in [2.05, 4.69) is 55.4 Å². The highest BCUT2D eigenvalue weighted by molar-refractivity contribution is 6.25. The van der Waals surface area contributed by atoms with E-state index >= 15 is 0 Å². The molecule has 2 aromatic carbocycles. The number of fused-ring (bicyclic) bond motifs is 1. The molecule has 0 fully saturated rings. The Bertz CT molecular complexity index is 1030. The Balaban J connectivity index is 0.000000425. The van der Waals surface area contributed by atoms with Gasteiger partial charge in [0.15, 0.2) is 0 Å². The van der Waals surface area contributed by atoms with Crippen LogP contribution in [0.5, 0.6) is 5.75 Å². The van der Waals surface area contributed by atoms with Gasteiger partial charge in [-0.1, -0.05) is 36.4 Å². The Hall–Kier alpha value is -4.25. The smallest absolute Gasteiger partial charge is 0.119 e. The van der Waals surface area contributed by atoms with Crippen molar-refractivity contribution in [3.8, 4) is 5.75 Å². The van der Waals surface area contributed by atoms with Crippen molar-refractivity contribution < 1.29 is 44.3 Å². The van der Waals surface area contributed by atoms with Crippen LogP contribution in [0.4, 0.5) is 0 Å². The number of rotatable bonds is 5. The maximum absolute atomic E-state index is 8.93. The van der Waals surface area contributed by atoms with Gasteiger partial charge in [0.05, 0.1) is 42.7 Å². The second-order valence-electron chi connectivity index (χ2n) is 7.47. The highest BCUT2D eigenvalue weighted by Crippen LogP contribution is 2.26. The van der Waals surface area contributed by atoms with Crippen molar-refractivity contribution in [3.05, 3.63) is 65.2 Å². The second-order valence-corrected chi connectivity index (χ2v) is 7.47. The molecule has 0 spiro atoms. The number of nitrogens with zero attached hydrogens (tertiary/aromatic N) is 2. The lowest BCUT2D eigenvalue weighted by atomic mass is 9.89. The van der Waals surface area contributed by atoms with Gasteiger partial charge in [0.25, 0.3) is 0 Å². The lowest BCUT2D eigenvalue weighted by Gasteiger charge is -2.25. The molecule has 3 rings (SSSR count).